The maximum absolute atomic E-state index is 11.9. The molecule has 1 aromatic heterocycles. The lowest BCUT2D eigenvalue weighted by atomic mass is 10.1. The van der Waals surface area contributed by atoms with E-state index in [2.05, 4.69) is 22.0 Å². The van der Waals surface area contributed by atoms with E-state index in [-0.39, 0.29) is 0 Å². The van der Waals surface area contributed by atoms with Gasteiger partial charge in [0.2, 0.25) is 0 Å². The Hall–Kier alpha value is -2.56. The van der Waals surface area contributed by atoms with Gasteiger partial charge < -0.3 is 15.0 Å². The lowest BCUT2D eigenvalue weighted by Crippen LogP contribution is -2.15. The Balaban J connectivity index is 1.84. The van der Waals surface area contributed by atoms with Gasteiger partial charge in [0.15, 0.2) is 0 Å². The minimum Gasteiger partial charge on any atom is -0.478 e. The number of rotatable bonds is 7. The van der Waals surface area contributed by atoms with Gasteiger partial charge in [-0.3, -0.25) is 0 Å². The van der Waals surface area contributed by atoms with Crippen molar-refractivity contribution in [2.75, 3.05) is 0 Å². The number of halogens is 1. The highest BCUT2D eigenvalue weighted by Crippen LogP contribution is 2.24. The van der Waals surface area contributed by atoms with Crippen molar-refractivity contribution in [3.05, 3.63) is 93.3 Å². The summed E-state index contributed by atoms with van der Waals surface area (Å²) in [6, 6.07) is 17.7. The number of aromatic nitrogens is 1. The third-order valence-corrected chi connectivity index (χ3v) is 5.25. The van der Waals surface area contributed by atoms with Gasteiger partial charge in [-0.2, -0.15) is 0 Å². The molecular weight excluding hydrogens is 360 g/mol. The molecular formula is C22H23ClN2O2. The zero-order valence-electron chi connectivity index (χ0n) is 15.5. The summed E-state index contributed by atoms with van der Waals surface area (Å²) in [5, 5.41) is 13.8. The van der Waals surface area contributed by atoms with Gasteiger partial charge in [-0.05, 0) is 31.0 Å². The van der Waals surface area contributed by atoms with Gasteiger partial charge >= 0.3 is 5.97 Å². The summed E-state index contributed by atoms with van der Waals surface area (Å²) < 4.78 is 2.07. The van der Waals surface area contributed by atoms with Crippen molar-refractivity contribution in [1.29, 1.82) is 0 Å². The van der Waals surface area contributed by atoms with E-state index in [4.69, 9.17) is 11.6 Å². The molecule has 3 aromatic rings. The van der Waals surface area contributed by atoms with Gasteiger partial charge in [-0.1, -0.05) is 60.1 Å². The van der Waals surface area contributed by atoms with E-state index < -0.39 is 5.97 Å². The van der Waals surface area contributed by atoms with E-state index in [9.17, 15) is 9.90 Å². The van der Waals surface area contributed by atoms with Gasteiger partial charge in [0, 0.05) is 41.6 Å². The molecule has 0 saturated carbocycles. The zero-order valence-corrected chi connectivity index (χ0v) is 16.3. The van der Waals surface area contributed by atoms with E-state index in [0.29, 0.717) is 30.2 Å². The number of aromatic carboxylic acids is 1. The van der Waals surface area contributed by atoms with Gasteiger partial charge in [-0.25, -0.2) is 4.79 Å². The van der Waals surface area contributed by atoms with Crippen LogP contribution in [0.3, 0.4) is 0 Å². The summed E-state index contributed by atoms with van der Waals surface area (Å²) in [4.78, 5) is 11.9. The molecule has 2 N–H and O–H groups in total. The van der Waals surface area contributed by atoms with Crippen molar-refractivity contribution in [1.82, 2.24) is 9.88 Å². The summed E-state index contributed by atoms with van der Waals surface area (Å²) in [6.45, 7) is 5.57. The van der Waals surface area contributed by atoms with Crippen molar-refractivity contribution in [3.63, 3.8) is 0 Å². The molecule has 2 aromatic carbocycles. The molecule has 5 heteroatoms. The topological polar surface area (TPSA) is 54.3 Å². The fraction of sp³-hybridized carbons (Fsp3) is 0.227. The molecule has 0 aliphatic rings. The molecule has 0 saturated heterocycles. The van der Waals surface area contributed by atoms with E-state index in [0.717, 1.165) is 28.1 Å². The third kappa shape index (κ3) is 4.24. The largest absolute Gasteiger partial charge is 0.478 e. The second-order valence-electron chi connectivity index (χ2n) is 6.60. The van der Waals surface area contributed by atoms with E-state index in [1.807, 2.05) is 56.3 Å². The van der Waals surface area contributed by atoms with Gasteiger partial charge in [0.1, 0.15) is 0 Å². The summed E-state index contributed by atoms with van der Waals surface area (Å²) in [5.41, 5.74) is 5.09. The number of benzene rings is 2. The molecule has 0 aliphatic heterocycles. The van der Waals surface area contributed by atoms with Crippen LogP contribution in [0.4, 0.5) is 0 Å². The standard InChI is InChI=1S/C22H23ClN2O2/c1-15-19(13-24-12-18-10-6-7-11-20(18)23)21(22(26)27)16(2)25(15)14-17-8-4-3-5-9-17/h3-11,24H,12-14H2,1-2H3,(H,26,27). The molecule has 4 nitrogen and oxygen atoms in total. The molecule has 0 bridgehead atoms. The minimum atomic E-state index is -0.892. The molecule has 0 unspecified atom stereocenters. The van der Waals surface area contributed by atoms with E-state index in [1.54, 1.807) is 0 Å². The molecule has 0 spiro atoms. The van der Waals surface area contributed by atoms with Crippen molar-refractivity contribution in [2.24, 2.45) is 0 Å². The summed E-state index contributed by atoms with van der Waals surface area (Å²) >= 11 is 6.20. The lowest BCUT2D eigenvalue weighted by molar-refractivity contribution is 0.0694. The van der Waals surface area contributed by atoms with Crippen LogP contribution in [0.15, 0.2) is 54.6 Å². The highest BCUT2D eigenvalue weighted by molar-refractivity contribution is 6.31. The quantitative estimate of drug-likeness (QED) is 0.617. The highest BCUT2D eigenvalue weighted by Gasteiger charge is 2.22. The molecule has 0 atom stereocenters. The first kappa shape index (κ1) is 19.2. The number of hydrogen-bond donors (Lipinski definition) is 2. The average molecular weight is 383 g/mol. The van der Waals surface area contributed by atoms with Gasteiger partial charge in [0.25, 0.3) is 0 Å². The van der Waals surface area contributed by atoms with Crippen molar-refractivity contribution in [2.45, 2.75) is 33.5 Å². The summed E-state index contributed by atoms with van der Waals surface area (Å²) in [6.07, 6.45) is 0. The van der Waals surface area contributed by atoms with Gasteiger partial charge in [0.05, 0.1) is 5.56 Å². The van der Waals surface area contributed by atoms with E-state index in [1.165, 1.54) is 0 Å². The first-order chi connectivity index (χ1) is 13.0. The Morgan fingerprint density at radius 2 is 1.67 bits per heavy atom. The number of nitrogens with zero attached hydrogens (tertiary/aromatic N) is 1. The van der Waals surface area contributed by atoms with Crippen LogP contribution in [-0.2, 0) is 19.6 Å². The van der Waals surface area contributed by atoms with Gasteiger partial charge in [-0.15, -0.1) is 0 Å². The van der Waals surface area contributed by atoms with E-state index >= 15 is 0 Å². The van der Waals surface area contributed by atoms with Crippen LogP contribution in [0.5, 0.6) is 0 Å². The van der Waals surface area contributed by atoms with Crippen molar-refractivity contribution in [3.8, 4) is 0 Å². The van der Waals surface area contributed by atoms with Crippen molar-refractivity contribution >= 4 is 17.6 Å². The lowest BCUT2D eigenvalue weighted by Gasteiger charge is -2.10. The summed E-state index contributed by atoms with van der Waals surface area (Å²) in [5.74, 6) is -0.892. The molecule has 140 valence electrons. The number of nitrogens with one attached hydrogen (secondary N) is 1. The van der Waals surface area contributed by atoms with Crippen LogP contribution in [0.2, 0.25) is 5.02 Å². The average Bonchev–Trinajstić information content (AvgIpc) is 2.89. The van der Waals surface area contributed by atoms with Crippen LogP contribution in [-0.4, -0.2) is 15.6 Å². The first-order valence-corrected chi connectivity index (χ1v) is 9.26. The molecule has 1 heterocycles. The number of carboxylic acids is 1. The Labute approximate surface area is 164 Å². The number of hydrogen-bond acceptors (Lipinski definition) is 2. The Bertz CT molecular complexity index is 948. The maximum Gasteiger partial charge on any atom is 0.337 e. The Morgan fingerprint density at radius 3 is 2.33 bits per heavy atom. The monoisotopic (exact) mass is 382 g/mol. The number of carboxylic acid groups (broad SMARTS) is 1. The normalized spacial score (nSPS) is 10.9. The van der Waals surface area contributed by atoms with Crippen LogP contribution in [0, 0.1) is 13.8 Å². The molecule has 0 amide bonds. The molecule has 0 aliphatic carbocycles. The number of carbonyl (C=O) groups is 1. The van der Waals surface area contributed by atoms with Crippen LogP contribution in [0.25, 0.3) is 0 Å². The fourth-order valence-corrected chi connectivity index (χ4v) is 3.62. The van der Waals surface area contributed by atoms with Crippen LogP contribution >= 0.6 is 11.6 Å². The second kappa shape index (κ2) is 8.42. The van der Waals surface area contributed by atoms with Crippen LogP contribution in [0.1, 0.15) is 38.4 Å². The molecule has 0 fully saturated rings. The highest BCUT2D eigenvalue weighted by atomic mass is 35.5. The minimum absolute atomic E-state index is 0.384. The predicted octanol–water partition coefficient (Wildman–Crippen LogP) is 4.79. The molecule has 27 heavy (non-hydrogen) atoms. The Kier molecular flexibility index (Phi) is 5.99. The predicted molar refractivity (Wildman–Crippen MR) is 108 cm³/mol. The Morgan fingerprint density at radius 1 is 1.00 bits per heavy atom. The maximum atomic E-state index is 11.9. The second-order valence-corrected chi connectivity index (χ2v) is 7.00. The summed E-state index contributed by atoms with van der Waals surface area (Å²) in [7, 11) is 0. The van der Waals surface area contributed by atoms with Crippen molar-refractivity contribution < 1.29 is 9.90 Å². The fourth-order valence-electron chi connectivity index (χ4n) is 3.42. The smallest absolute Gasteiger partial charge is 0.337 e. The zero-order chi connectivity index (χ0) is 19.4. The van der Waals surface area contributed by atoms with Crippen LogP contribution < -0.4 is 5.32 Å². The SMILES string of the molecule is Cc1c(CNCc2ccccc2Cl)c(C(=O)O)c(C)n1Cc1ccccc1. The third-order valence-electron chi connectivity index (χ3n) is 4.88. The molecule has 0 radical (unpaired) electrons. The first-order valence-electron chi connectivity index (χ1n) is 8.89. The molecule has 3 rings (SSSR count).